The van der Waals surface area contributed by atoms with Crippen molar-refractivity contribution in [2.75, 3.05) is 0 Å². The van der Waals surface area contributed by atoms with Crippen molar-refractivity contribution in [3.05, 3.63) is 40.0 Å². The van der Waals surface area contributed by atoms with Gasteiger partial charge in [0.15, 0.2) is 0 Å². The van der Waals surface area contributed by atoms with E-state index < -0.39 is 0 Å². The van der Waals surface area contributed by atoms with Gasteiger partial charge in [0.25, 0.3) is 0 Å². The van der Waals surface area contributed by atoms with Crippen LogP contribution in [0.1, 0.15) is 23.7 Å². The van der Waals surface area contributed by atoms with Crippen LogP contribution in [0.2, 0.25) is 0 Å². The van der Waals surface area contributed by atoms with Gasteiger partial charge in [-0.3, -0.25) is 5.10 Å². The molecule has 3 N–H and O–H groups in total. The number of aromatic amines is 1. The number of fused-ring (bicyclic) bond motifs is 1. The molecule has 0 saturated carbocycles. The van der Waals surface area contributed by atoms with Gasteiger partial charge in [-0.2, -0.15) is 5.10 Å². The number of nitrogens with one attached hydrogen (secondary N) is 1. The fourth-order valence-corrected chi connectivity index (χ4v) is 2.68. The minimum Gasteiger partial charge on any atom is -0.324 e. The summed E-state index contributed by atoms with van der Waals surface area (Å²) in [7, 11) is 0. The van der Waals surface area contributed by atoms with Gasteiger partial charge in [0.1, 0.15) is 0 Å². The van der Waals surface area contributed by atoms with Gasteiger partial charge in [0.05, 0.1) is 5.69 Å². The van der Waals surface area contributed by atoms with Gasteiger partial charge in [0.2, 0.25) is 0 Å². The summed E-state index contributed by atoms with van der Waals surface area (Å²) in [5.41, 5.74) is 10.6. The van der Waals surface area contributed by atoms with Crippen LogP contribution in [0.15, 0.2) is 28.7 Å². The molecule has 3 nitrogen and oxygen atoms in total. The van der Waals surface area contributed by atoms with Crippen LogP contribution in [0, 0.1) is 0 Å². The smallest absolute Gasteiger partial charge is 0.0971 e. The molecular formula is C12H12BrN3. The van der Waals surface area contributed by atoms with Crippen LogP contribution in [0.3, 0.4) is 0 Å². The number of H-pyrrole nitrogens is 1. The molecule has 16 heavy (non-hydrogen) atoms. The molecule has 1 atom stereocenters. The molecular weight excluding hydrogens is 266 g/mol. The summed E-state index contributed by atoms with van der Waals surface area (Å²) in [6.45, 7) is 0. The second-order valence-electron chi connectivity index (χ2n) is 4.12. The molecule has 0 spiro atoms. The molecule has 82 valence electrons. The predicted octanol–water partition coefficient (Wildman–Crippen LogP) is 2.79. The first-order valence-corrected chi connectivity index (χ1v) is 6.13. The van der Waals surface area contributed by atoms with Crippen molar-refractivity contribution in [2.45, 2.75) is 18.9 Å². The zero-order valence-corrected chi connectivity index (χ0v) is 10.3. The van der Waals surface area contributed by atoms with Gasteiger partial charge in [-0.25, -0.2) is 0 Å². The second kappa shape index (κ2) is 3.71. The average molecular weight is 278 g/mol. The Labute approximate surface area is 102 Å². The topological polar surface area (TPSA) is 54.7 Å². The molecule has 1 unspecified atom stereocenters. The minimum absolute atomic E-state index is 0.128. The number of nitrogens with zero attached hydrogens (tertiary/aromatic N) is 1. The third-order valence-corrected chi connectivity index (χ3v) is 3.55. The molecule has 1 aliphatic rings. The highest BCUT2D eigenvalue weighted by molar-refractivity contribution is 9.10. The van der Waals surface area contributed by atoms with Gasteiger partial charge in [-0.15, -0.1) is 0 Å². The summed E-state index contributed by atoms with van der Waals surface area (Å²) in [5.74, 6) is 0. The van der Waals surface area contributed by atoms with Crippen LogP contribution >= 0.6 is 15.9 Å². The second-order valence-corrected chi connectivity index (χ2v) is 5.04. The van der Waals surface area contributed by atoms with Crippen molar-refractivity contribution in [2.24, 2.45) is 5.73 Å². The Balaban J connectivity index is 2.14. The van der Waals surface area contributed by atoms with E-state index in [-0.39, 0.29) is 6.04 Å². The monoisotopic (exact) mass is 277 g/mol. The van der Waals surface area contributed by atoms with Crippen molar-refractivity contribution >= 4 is 15.9 Å². The summed E-state index contributed by atoms with van der Waals surface area (Å²) >= 11 is 3.47. The number of halogens is 1. The van der Waals surface area contributed by atoms with Gasteiger partial charge >= 0.3 is 0 Å². The number of nitrogens with two attached hydrogens (primary N) is 1. The summed E-state index contributed by atoms with van der Waals surface area (Å²) in [4.78, 5) is 0. The number of aryl methyl sites for hydroxylation is 1. The van der Waals surface area contributed by atoms with Crippen LogP contribution in [0.5, 0.6) is 0 Å². The summed E-state index contributed by atoms with van der Waals surface area (Å²) < 4.78 is 1.06. The summed E-state index contributed by atoms with van der Waals surface area (Å²) in [6.07, 6.45) is 2.03. The van der Waals surface area contributed by atoms with E-state index >= 15 is 0 Å². The molecule has 4 heteroatoms. The van der Waals surface area contributed by atoms with Gasteiger partial charge in [-0.05, 0) is 25.0 Å². The third kappa shape index (κ3) is 1.49. The molecule has 0 fully saturated rings. The average Bonchev–Trinajstić information content (AvgIpc) is 2.82. The zero-order chi connectivity index (χ0) is 11.1. The van der Waals surface area contributed by atoms with E-state index in [1.165, 1.54) is 11.3 Å². The molecule has 0 aliphatic heterocycles. The molecule has 0 radical (unpaired) electrons. The van der Waals surface area contributed by atoms with Crippen LogP contribution in [-0.2, 0) is 6.42 Å². The van der Waals surface area contributed by atoms with Gasteiger partial charge in [-0.1, -0.05) is 28.1 Å². The minimum atomic E-state index is 0.128. The van der Waals surface area contributed by atoms with Crippen LogP contribution in [0.4, 0.5) is 0 Å². The lowest BCUT2D eigenvalue weighted by Gasteiger charge is -2.05. The van der Waals surface area contributed by atoms with Gasteiger partial charge in [0, 0.05) is 27.3 Å². The lowest BCUT2D eigenvalue weighted by Crippen LogP contribution is -2.06. The first-order valence-electron chi connectivity index (χ1n) is 5.34. The molecule has 0 saturated heterocycles. The number of rotatable bonds is 1. The van der Waals surface area contributed by atoms with Crippen LogP contribution < -0.4 is 5.73 Å². The molecule has 2 aromatic rings. The van der Waals surface area contributed by atoms with E-state index in [2.05, 4.69) is 38.3 Å². The largest absolute Gasteiger partial charge is 0.324 e. The van der Waals surface area contributed by atoms with E-state index in [1.54, 1.807) is 0 Å². The fraction of sp³-hybridized carbons (Fsp3) is 0.250. The Morgan fingerprint density at radius 1 is 1.44 bits per heavy atom. The lowest BCUT2D eigenvalue weighted by atomic mass is 10.0. The molecule has 1 aliphatic carbocycles. The normalized spacial score (nSPS) is 18.8. The maximum absolute atomic E-state index is 6.10. The molecule has 0 bridgehead atoms. The lowest BCUT2D eigenvalue weighted by molar-refractivity contribution is 0.705. The fourth-order valence-electron chi connectivity index (χ4n) is 2.28. The van der Waals surface area contributed by atoms with Gasteiger partial charge < -0.3 is 5.73 Å². The zero-order valence-electron chi connectivity index (χ0n) is 8.70. The highest BCUT2D eigenvalue weighted by Crippen LogP contribution is 2.36. The third-order valence-electron chi connectivity index (χ3n) is 3.06. The first kappa shape index (κ1) is 10.1. The van der Waals surface area contributed by atoms with Crippen molar-refractivity contribution in [3.8, 4) is 11.3 Å². The Kier molecular flexibility index (Phi) is 2.33. The standard InChI is InChI=1S/C12H12BrN3/c13-8-3-1-2-7(6-8)12-11-9(14)4-5-10(11)15-16-12/h1-3,6,9H,4-5,14H2,(H,15,16). The molecule has 1 heterocycles. The van der Waals surface area contributed by atoms with Crippen molar-refractivity contribution in [3.63, 3.8) is 0 Å². The van der Waals surface area contributed by atoms with E-state index in [0.717, 1.165) is 28.6 Å². The predicted molar refractivity (Wildman–Crippen MR) is 67.0 cm³/mol. The van der Waals surface area contributed by atoms with Crippen molar-refractivity contribution in [1.29, 1.82) is 0 Å². The maximum Gasteiger partial charge on any atom is 0.0971 e. The Morgan fingerprint density at radius 2 is 2.31 bits per heavy atom. The van der Waals surface area contributed by atoms with Crippen LogP contribution in [-0.4, -0.2) is 10.2 Å². The molecule has 1 aromatic carbocycles. The number of hydrogen-bond acceptors (Lipinski definition) is 2. The number of benzene rings is 1. The van der Waals surface area contributed by atoms with E-state index in [9.17, 15) is 0 Å². The maximum atomic E-state index is 6.10. The SMILES string of the molecule is NC1CCc2[nH]nc(-c3cccc(Br)c3)c21. The molecule has 3 rings (SSSR count). The van der Waals surface area contributed by atoms with Crippen LogP contribution in [0.25, 0.3) is 11.3 Å². The van der Waals surface area contributed by atoms with E-state index in [1.807, 2.05) is 12.1 Å². The Hall–Kier alpha value is -1.13. The Bertz CT molecular complexity index is 533. The van der Waals surface area contributed by atoms with Crippen molar-refractivity contribution < 1.29 is 0 Å². The van der Waals surface area contributed by atoms with E-state index in [4.69, 9.17) is 5.73 Å². The first-order chi connectivity index (χ1) is 7.75. The molecule has 1 aromatic heterocycles. The number of hydrogen-bond donors (Lipinski definition) is 2. The summed E-state index contributed by atoms with van der Waals surface area (Å²) in [6, 6.07) is 8.29. The number of aromatic nitrogens is 2. The molecule has 0 amide bonds. The van der Waals surface area contributed by atoms with Crippen molar-refractivity contribution in [1.82, 2.24) is 10.2 Å². The highest BCUT2D eigenvalue weighted by Gasteiger charge is 2.26. The quantitative estimate of drug-likeness (QED) is 0.842. The summed E-state index contributed by atoms with van der Waals surface area (Å²) in [5, 5.41) is 7.46. The Morgan fingerprint density at radius 3 is 3.12 bits per heavy atom. The van der Waals surface area contributed by atoms with E-state index in [0.29, 0.717) is 0 Å². The highest BCUT2D eigenvalue weighted by atomic mass is 79.9.